The third-order valence-electron chi connectivity index (χ3n) is 2.81. The normalized spacial score (nSPS) is 10.8. The number of nitrogens with two attached hydrogens (primary N) is 1. The van der Waals surface area contributed by atoms with Crippen molar-refractivity contribution in [2.45, 2.75) is 19.4 Å². The molecule has 0 aromatic heterocycles. The minimum Gasteiger partial charge on any atom is -0.366 e. The van der Waals surface area contributed by atoms with Crippen LogP contribution in [0.1, 0.15) is 28.8 Å². The summed E-state index contributed by atoms with van der Waals surface area (Å²) >= 11 is 0. The summed E-state index contributed by atoms with van der Waals surface area (Å²) in [6.07, 6.45) is 2.31. The van der Waals surface area contributed by atoms with Crippen LogP contribution in [-0.2, 0) is 6.54 Å². The standard InChI is InChI=1S/C14H23N3O/c1-17(2)10-6-5-9-16-11-12-7-3-4-8-13(12)14(15)18/h3-4,7-8,16H,5-6,9-11H2,1-2H3,(H2,15,18). The van der Waals surface area contributed by atoms with E-state index in [-0.39, 0.29) is 5.91 Å². The van der Waals surface area contributed by atoms with Crippen molar-refractivity contribution in [1.29, 1.82) is 0 Å². The average Bonchev–Trinajstić information content (AvgIpc) is 2.33. The third kappa shape index (κ3) is 5.29. The zero-order chi connectivity index (χ0) is 13.4. The van der Waals surface area contributed by atoms with Gasteiger partial charge in [-0.1, -0.05) is 18.2 Å². The Balaban J connectivity index is 2.29. The number of hydrogen-bond donors (Lipinski definition) is 2. The second-order valence-electron chi connectivity index (χ2n) is 4.71. The molecule has 0 atom stereocenters. The van der Waals surface area contributed by atoms with Gasteiger partial charge in [0.1, 0.15) is 0 Å². The van der Waals surface area contributed by atoms with Crippen molar-refractivity contribution in [1.82, 2.24) is 10.2 Å². The van der Waals surface area contributed by atoms with Gasteiger partial charge in [-0.2, -0.15) is 0 Å². The lowest BCUT2D eigenvalue weighted by Gasteiger charge is -2.10. The Bertz CT molecular complexity index is 377. The average molecular weight is 249 g/mol. The van der Waals surface area contributed by atoms with Crippen LogP contribution in [0.25, 0.3) is 0 Å². The number of rotatable bonds is 8. The Morgan fingerprint density at radius 3 is 2.67 bits per heavy atom. The Morgan fingerprint density at radius 2 is 2.00 bits per heavy atom. The van der Waals surface area contributed by atoms with Gasteiger partial charge in [-0.15, -0.1) is 0 Å². The number of nitrogens with zero attached hydrogens (tertiary/aromatic N) is 1. The van der Waals surface area contributed by atoms with Crippen LogP contribution in [0.5, 0.6) is 0 Å². The van der Waals surface area contributed by atoms with E-state index >= 15 is 0 Å². The summed E-state index contributed by atoms with van der Waals surface area (Å²) in [6.45, 7) is 2.77. The van der Waals surface area contributed by atoms with Gasteiger partial charge < -0.3 is 16.0 Å². The number of nitrogens with one attached hydrogen (secondary N) is 1. The van der Waals surface area contributed by atoms with Crippen LogP contribution in [0.15, 0.2) is 24.3 Å². The van der Waals surface area contributed by atoms with E-state index in [2.05, 4.69) is 24.3 Å². The highest BCUT2D eigenvalue weighted by atomic mass is 16.1. The molecule has 0 spiro atoms. The molecule has 0 saturated heterocycles. The van der Waals surface area contributed by atoms with Crippen LogP contribution in [0.3, 0.4) is 0 Å². The smallest absolute Gasteiger partial charge is 0.249 e. The number of hydrogen-bond acceptors (Lipinski definition) is 3. The number of unbranched alkanes of at least 4 members (excludes halogenated alkanes) is 1. The number of carbonyl (C=O) groups excluding carboxylic acids is 1. The van der Waals surface area contributed by atoms with Gasteiger partial charge in [0.25, 0.3) is 0 Å². The lowest BCUT2D eigenvalue weighted by Crippen LogP contribution is -2.20. The van der Waals surface area contributed by atoms with Crippen molar-refractivity contribution in [3.05, 3.63) is 35.4 Å². The fourth-order valence-electron chi connectivity index (χ4n) is 1.82. The molecule has 1 aromatic rings. The zero-order valence-electron chi connectivity index (χ0n) is 11.3. The van der Waals surface area contributed by atoms with E-state index in [9.17, 15) is 4.79 Å². The molecule has 1 aromatic carbocycles. The maximum atomic E-state index is 11.2. The number of primary amides is 1. The first-order valence-corrected chi connectivity index (χ1v) is 6.34. The van der Waals surface area contributed by atoms with Gasteiger partial charge >= 0.3 is 0 Å². The number of amides is 1. The van der Waals surface area contributed by atoms with E-state index in [1.807, 2.05) is 18.2 Å². The molecule has 0 bridgehead atoms. The van der Waals surface area contributed by atoms with Crippen molar-refractivity contribution in [3.63, 3.8) is 0 Å². The molecule has 1 rings (SSSR count). The van der Waals surface area contributed by atoms with Gasteiger partial charge in [0.05, 0.1) is 0 Å². The number of carbonyl (C=O) groups is 1. The summed E-state index contributed by atoms with van der Waals surface area (Å²) in [4.78, 5) is 13.4. The molecule has 0 radical (unpaired) electrons. The maximum Gasteiger partial charge on any atom is 0.249 e. The maximum absolute atomic E-state index is 11.2. The van der Waals surface area contributed by atoms with Crippen LogP contribution >= 0.6 is 0 Å². The van der Waals surface area contributed by atoms with Crippen molar-refractivity contribution in [2.24, 2.45) is 5.73 Å². The molecule has 18 heavy (non-hydrogen) atoms. The molecule has 0 aliphatic heterocycles. The van der Waals surface area contributed by atoms with Gasteiger partial charge in [0.15, 0.2) is 0 Å². The molecule has 0 saturated carbocycles. The second-order valence-corrected chi connectivity index (χ2v) is 4.71. The minimum atomic E-state index is -0.361. The van der Waals surface area contributed by atoms with Crippen molar-refractivity contribution in [3.8, 4) is 0 Å². The monoisotopic (exact) mass is 249 g/mol. The number of benzene rings is 1. The SMILES string of the molecule is CN(C)CCCCNCc1ccccc1C(N)=O. The van der Waals surface area contributed by atoms with Crippen molar-refractivity contribution in [2.75, 3.05) is 27.2 Å². The van der Waals surface area contributed by atoms with Gasteiger partial charge in [-0.05, 0) is 51.7 Å². The molecule has 0 unspecified atom stereocenters. The summed E-state index contributed by atoms with van der Waals surface area (Å²) in [5.41, 5.74) is 6.91. The summed E-state index contributed by atoms with van der Waals surface area (Å²) in [5, 5.41) is 3.34. The third-order valence-corrected chi connectivity index (χ3v) is 2.81. The van der Waals surface area contributed by atoms with Gasteiger partial charge in [-0.25, -0.2) is 0 Å². The first kappa shape index (κ1) is 14.7. The predicted octanol–water partition coefficient (Wildman–Crippen LogP) is 1.22. The summed E-state index contributed by atoms with van der Waals surface area (Å²) in [6, 6.07) is 7.47. The first-order valence-electron chi connectivity index (χ1n) is 6.34. The van der Waals surface area contributed by atoms with Crippen LogP contribution in [0.2, 0.25) is 0 Å². The molecule has 4 heteroatoms. The molecule has 0 aliphatic carbocycles. The van der Waals surface area contributed by atoms with Gasteiger partial charge in [0, 0.05) is 12.1 Å². The van der Waals surface area contributed by atoms with E-state index < -0.39 is 0 Å². The predicted molar refractivity (Wildman–Crippen MR) is 74.5 cm³/mol. The fourth-order valence-corrected chi connectivity index (χ4v) is 1.82. The van der Waals surface area contributed by atoms with Crippen LogP contribution in [0, 0.1) is 0 Å². The van der Waals surface area contributed by atoms with Gasteiger partial charge in [-0.3, -0.25) is 4.79 Å². The van der Waals surface area contributed by atoms with Gasteiger partial charge in [0.2, 0.25) is 5.91 Å². The van der Waals surface area contributed by atoms with E-state index in [0.29, 0.717) is 12.1 Å². The highest BCUT2D eigenvalue weighted by Crippen LogP contribution is 2.07. The molecule has 4 nitrogen and oxygen atoms in total. The summed E-state index contributed by atoms with van der Waals surface area (Å²) < 4.78 is 0. The van der Waals surface area contributed by atoms with Crippen molar-refractivity contribution >= 4 is 5.91 Å². The Labute approximate surface area is 109 Å². The molecule has 0 fully saturated rings. The lowest BCUT2D eigenvalue weighted by atomic mass is 10.1. The first-order chi connectivity index (χ1) is 8.61. The van der Waals surface area contributed by atoms with E-state index in [0.717, 1.165) is 25.1 Å². The summed E-state index contributed by atoms with van der Waals surface area (Å²) in [7, 11) is 4.16. The van der Waals surface area contributed by atoms with E-state index in [1.54, 1.807) is 6.07 Å². The Morgan fingerprint density at radius 1 is 1.28 bits per heavy atom. The molecule has 3 N–H and O–H groups in total. The highest BCUT2D eigenvalue weighted by molar-refractivity contribution is 5.94. The minimum absolute atomic E-state index is 0.361. The molecule has 0 aliphatic rings. The lowest BCUT2D eigenvalue weighted by molar-refractivity contribution is 0.0999. The quantitative estimate of drug-likeness (QED) is 0.681. The molecule has 100 valence electrons. The Kier molecular flexibility index (Phi) is 6.39. The van der Waals surface area contributed by atoms with Crippen LogP contribution in [0.4, 0.5) is 0 Å². The summed E-state index contributed by atoms with van der Waals surface area (Å²) in [5.74, 6) is -0.361. The molecular weight excluding hydrogens is 226 g/mol. The topological polar surface area (TPSA) is 58.4 Å². The Hall–Kier alpha value is -1.39. The van der Waals surface area contributed by atoms with Crippen LogP contribution in [-0.4, -0.2) is 38.0 Å². The molecular formula is C14H23N3O. The fraction of sp³-hybridized carbons (Fsp3) is 0.500. The molecule has 1 amide bonds. The second kappa shape index (κ2) is 7.84. The van der Waals surface area contributed by atoms with E-state index in [4.69, 9.17) is 5.73 Å². The largest absolute Gasteiger partial charge is 0.366 e. The molecule has 0 heterocycles. The highest BCUT2D eigenvalue weighted by Gasteiger charge is 2.05. The van der Waals surface area contributed by atoms with Crippen LogP contribution < -0.4 is 11.1 Å². The zero-order valence-corrected chi connectivity index (χ0v) is 11.3. The van der Waals surface area contributed by atoms with Crippen molar-refractivity contribution < 1.29 is 4.79 Å². The van der Waals surface area contributed by atoms with E-state index in [1.165, 1.54) is 6.42 Å².